The number of benzene rings is 1. The average molecular weight is 343 g/mol. The predicted octanol–water partition coefficient (Wildman–Crippen LogP) is 5.67. The number of H-pyrrole nitrogens is 1. The molecule has 5 heteroatoms. The number of nitrogens with one attached hydrogen (secondary N) is 1. The maximum Gasteiger partial charge on any atom is 0.212 e. The fourth-order valence-electron chi connectivity index (χ4n) is 2.68. The van der Waals surface area contributed by atoms with Crippen LogP contribution in [0.5, 0.6) is 0 Å². The molecule has 3 aromatic heterocycles. The van der Waals surface area contributed by atoms with Crippen molar-refractivity contribution in [2.45, 2.75) is 6.42 Å². The first-order valence-electron chi connectivity index (χ1n) is 7.16. The molecular weight excluding hydrogens is 331 g/mol. The van der Waals surface area contributed by atoms with Crippen LogP contribution in [0.4, 0.5) is 4.39 Å². The van der Waals surface area contributed by atoms with Gasteiger partial charge in [-0.1, -0.05) is 17.7 Å². The normalized spacial score (nSPS) is 11.2. The Morgan fingerprint density at radius 2 is 2.04 bits per heavy atom. The van der Waals surface area contributed by atoms with Gasteiger partial charge >= 0.3 is 0 Å². The molecule has 4 aromatic rings. The first kappa shape index (κ1) is 14.4. The smallest absolute Gasteiger partial charge is 0.212 e. The van der Waals surface area contributed by atoms with Crippen molar-refractivity contribution in [1.82, 2.24) is 9.97 Å². The van der Waals surface area contributed by atoms with Gasteiger partial charge in [-0.3, -0.25) is 0 Å². The van der Waals surface area contributed by atoms with Crippen LogP contribution in [-0.4, -0.2) is 9.97 Å². The number of aromatic amines is 1. The summed E-state index contributed by atoms with van der Waals surface area (Å²) in [5.74, 6) is -0.459. The zero-order valence-corrected chi connectivity index (χ0v) is 13.6. The van der Waals surface area contributed by atoms with Crippen molar-refractivity contribution in [3.05, 3.63) is 76.3 Å². The summed E-state index contributed by atoms with van der Waals surface area (Å²) >= 11 is 8.01. The third-order valence-corrected chi connectivity index (χ3v) is 5.22. The van der Waals surface area contributed by atoms with Gasteiger partial charge in [0.25, 0.3) is 0 Å². The van der Waals surface area contributed by atoms with Crippen molar-refractivity contribution in [3.8, 4) is 10.4 Å². The standard InChI is InChI=1S/C18H12ClFN2S/c19-14-2-1-3-15-18(14)12(10-21-15)8-13-5-6-16(23-13)11-4-7-17(20)22-9-11/h1-7,9-10,21H,8H2. The van der Waals surface area contributed by atoms with Gasteiger partial charge in [-0.2, -0.15) is 4.39 Å². The SMILES string of the molecule is Fc1ccc(-c2ccc(Cc3c[nH]c4cccc(Cl)c34)s2)cn1. The molecule has 0 aliphatic heterocycles. The topological polar surface area (TPSA) is 28.7 Å². The van der Waals surface area contributed by atoms with Crippen molar-refractivity contribution < 1.29 is 4.39 Å². The Kier molecular flexibility index (Phi) is 3.63. The summed E-state index contributed by atoms with van der Waals surface area (Å²) in [6, 6.07) is 13.1. The fraction of sp³-hybridized carbons (Fsp3) is 0.0556. The fourth-order valence-corrected chi connectivity index (χ4v) is 4.00. The molecule has 0 aliphatic carbocycles. The molecule has 0 radical (unpaired) electrons. The molecular formula is C18H12ClFN2S. The zero-order chi connectivity index (χ0) is 15.8. The summed E-state index contributed by atoms with van der Waals surface area (Å²) in [7, 11) is 0. The number of hydrogen-bond acceptors (Lipinski definition) is 2. The summed E-state index contributed by atoms with van der Waals surface area (Å²) in [6.07, 6.45) is 4.38. The molecule has 0 unspecified atom stereocenters. The number of thiophene rings is 1. The third-order valence-electron chi connectivity index (χ3n) is 3.77. The number of aromatic nitrogens is 2. The summed E-state index contributed by atoms with van der Waals surface area (Å²) in [6.45, 7) is 0. The van der Waals surface area contributed by atoms with Gasteiger partial charge in [-0.15, -0.1) is 11.3 Å². The lowest BCUT2D eigenvalue weighted by Crippen LogP contribution is -1.82. The van der Waals surface area contributed by atoms with E-state index < -0.39 is 5.95 Å². The molecule has 0 bridgehead atoms. The molecule has 0 atom stereocenters. The van der Waals surface area contributed by atoms with E-state index in [9.17, 15) is 4.39 Å². The Hall–Kier alpha value is -2.17. The van der Waals surface area contributed by atoms with Crippen LogP contribution in [0.2, 0.25) is 5.02 Å². The summed E-state index contributed by atoms with van der Waals surface area (Å²) < 4.78 is 12.9. The van der Waals surface area contributed by atoms with Crippen molar-refractivity contribution in [1.29, 1.82) is 0 Å². The van der Waals surface area contributed by atoms with E-state index in [1.807, 2.05) is 30.5 Å². The van der Waals surface area contributed by atoms with E-state index in [-0.39, 0.29) is 0 Å². The lowest BCUT2D eigenvalue weighted by atomic mass is 10.1. The summed E-state index contributed by atoms with van der Waals surface area (Å²) in [5.41, 5.74) is 3.16. The minimum atomic E-state index is -0.459. The second-order valence-corrected chi connectivity index (χ2v) is 6.86. The highest BCUT2D eigenvalue weighted by Gasteiger charge is 2.10. The quantitative estimate of drug-likeness (QED) is 0.477. The third kappa shape index (κ3) is 2.76. The van der Waals surface area contributed by atoms with Gasteiger partial charge in [0.1, 0.15) is 0 Å². The van der Waals surface area contributed by atoms with Crippen LogP contribution in [0.25, 0.3) is 21.3 Å². The van der Waals surface area contributed by atoms with Gasteiger partial charge in [0.15, 0.2) is 0 Å². The highest BCUT2D eigenvalue weighted by atomic mass is 35.5. The number of hydrogen-bond donors (Lipinski definition) is 1. The minimum absolute atomic E-state index is 0.459. The highest BCUT2D eigenvalue weighted by Crippen LogP contribution is 2.32. The Bertz CT molecular complexity index is 972. The van der Waals surface area contributed by atoms with Crippen molar-refractivity contribution in [2.75, 3.05) is 0 Å². The molecule has 0 fully saturated rings. The van der Waals surface area contributed by atoms with Crippen molar-refractivity contribution in [3.63, 3.8) is 0 Å². The maximum atomic E-state index is 12.9. The second-order valence-electron chi connectivity index (χ2n) is 5.29. The second kappa shape index (κ2) is 5.80. The van der Waals surface area contributed by atoms with Gasteiger partial charge in [0.2, 0.25) is 5.95 Å². The number of nitrogens with zero attached hydrogens (tertiary/aromatic N) is 1. The number of rotatable bonds is 3. The molecule has 0 aliphatic rings. The predicted molar refractivity (Wildman–Crippen MR) is 93.6 cm³/mol. The number of fused-ring (bicyclic) bond motifs is 1. The van der Waals surface area contributed by atoms with Gasteiger partial charge in [0.05, 0.1) is 5.02 Å². The van der Waals surface area contributed by atoms with E-state index in [1.54, 1.807) is 23.6 Å². The minimum Gasteiger partial charge on any atom is -0.361 e. The van der Waals surface area contributed by atoms with Gasteiger partial charge in [0, 0.05) is 45.0 Å². The Labute approximate surface area is 141 Å². The maximum absolute atomic E-state index is 12.9. The number of halogens is 2. The van der Waals surface area contributed by atoms with Crippen LogP contribution in [0.1, 0.15) is 10.4 Å². The summed E-state index contributed by atoms with van der Waals surface area (Å²) in [5, 5.41) is 1.84. The molecule has 1 N–H and O–H groups in total. The largest absolute Gasteiger partial charge is 0.361 e. The monoisotopic (exact) mass is 342 g/mol. The average Bonchev–Trinajstić information content (AvgIpc) is 3.17. The lowest BCUT2D eigenvalue weighted by molar-refractivity contribution is 0.584. The van der Waals surface area contributed by atoms with E-state index in [2.05, 4.69) is 16.0 Å². The van der Waals surface area contributed by atoms with Crippen LogP contribution in [-0.2, 0) is 6.42 Å². The molecule has 0 saturated carbocycles. The van der Waals surface area contributed by atoms with Gasteiger partial charge < -0.3 is 4.98 Å². The molecule has 0 saturated heterocycles. The molecule has 114 valence electrons. The summed E-state index contributed by atoms with van der Waals surface area (Å²) in [4.78, 5) is 9.28. The first-order valence-corrected chi connectivity index (χ1v) is 8.35. The molecule has 0 amide bonds. The highest BCUT2D eigenvalue weighted by molar-refractivity contribution is 7.15. The Balaban J connectivity index is 1.66. The molecule has 2 nitrogen and oxygen atoms in total. The molecule has 0 spiro atoms. The molecule has 23 heavy (non-hydrogen) atoms. The van der Waals surface area contributed by atoms with E-state index in [4.69, 9.17) is 11.6 Å². The van der Waals surface area contributed by atoms with E-state index in [1.165, 1.54) is 16.5 Å². The van der Waals surface area contributed by atoms with E-state index >= 15 is 0 Å². The molecule has 1 aromatic carbocycles. The van der Waals surface area contributed by atoms with E-state index in [0.717, 1.165) is 32.8 Å². The van der Waals surface area contributed by atoms with Gasteiger partial charge in [-0.05, 0) is 42.0 Å². The zero-order valence-electron chi connectivity index (χ0n) is 12.0. The lowest BCUT2D eigenvalue weighted by Gasteiger charge is -1.99. The van der Waals surface area contributed by atoms with Crippen LogP contribution in [0, 0.1) is 5.95 Å². The molecule has 3 heterocycles. The number of pyridine rings is 1. The Morgan fingerprint density at radius 1 is 1.13 bits per heavy atom. The van der Waals surface area contributed by atoms with E-state index in [0.29, 0.717) is 0 Å². The van der Waals surface area contributed by atoms with Crippen LogP contribution in [0.15, 0.2) is 54.9 Å². The van der Waals surface area contributed by atoms with Crippen molar-refractivity contribution >= 4 is 33.8 Å². The van der Waals surface area contributed by atoms with Crippen LogP contribution >= 0.6 is 22.9 Å². The van der Waals surface area contributed by atoms with Gasteiger partial charge in [-0.25, -0.2) is 4.98 Å². The van der Waals surface area contributed by atoms with Crippen LogP contribution in [0.3, 0.4) is 0 Å². The van der Waals surface area contributed by atoms with Crippen LogP contribution < -0.4 is 0 Å². The Morgan fingerprint density at radius 3 is 2.87 bits per heavy atom. The van der Waals surface area contributed by atoms with Crippen molar-refractivity contribution in [2.24, 2.45) is 0 Å². The molecule has 4 rings (SSSR count). The first-order chi connectivity index (χ1) is 11.2.